The second-order valence-electron chi connectivity index (χ2n) is 1.99. The van der Waals surface area contributed by atoms with Crippen molar-refractivity contribution in [2.24, 2.45) is 0 Å². The van der Waals surface area contributed by atoms with Crippen LogP contribution in [0.15, 0.2) is 6.20 Å². The second kappa shape index (κ2) is 2.01. The van der Waals surface area contributed by atoms with Gasteiger partial charge in [0.2, 0.25) is 0 Å². The minimum Gasteiger partial charge on any atom is -0.383 e. The highest BCUT2D eigenvalue weighted by atomic mass is 14.9. The van der Waals surface area contributed by atoms with Crippen molar-refractivity contribution in [1.29, 1.82) is 0 Å². The fraction of sp³-hybridized carbons (Fsp3) is 0.333. The lowest BCUT2D eigenvalue weighted by Gasteiger charge is -1.96. The molecule has 0 spiro atoms. The number of nitrogens with zero attached hydrogens (tertiary/aromatic N) is 2. The molecule has 1 rings (SSSR count). The minimum atomic E-state index is 0. The van der Waals surface area contributed by atoms with E-state index in [1.165, 1.54) is 0 Å². The molecule has 0 radical (unpaired) electrons. The highest BCUT2D eigenvalue weighted by molar-refractivity contribution is 5.35. The van der Waals surface area contributed by atoms with Gasteiger partial charge >= 0.3 is 0 Å². The van der Waals surface area contributed by atoms with Crippen LogP contribution >= 0.6 is 0 Å². The fourth-order valence-electron chi connectivity index (χ4n) is 0.548. The van der Waals surface area contributed by atoms with E-state index in [4.69, 9.17) is 5.73 Å². The monoisotopic (exact) mass is 125 g/mol. The third kappa shape index (κ3) is 1.16. The van der Waals surface area contributed by atoms with Crippen molar-refractivity contribution in [3.8, 4) is 0 Å². The van der Waals surface area contributed by atoms with Crippen LogP contribution in [0.5, 0.6) is 0 Å². The van der Waals surface area contributed by atoms with E-state index in [0.717, 1.165) is 11.4 Å². The van der Waals surface area contributed by atoms with Crippen molar-refractivity contribution >= 4 is 5.82 Å². The predicted molar refractivity (Wildman–Crippen MR) is 38.0 cm³/mol. The highest BCUT2D eigenvalue weighted by Gasteiger charge is 1.92. The molecule has 1 heterocycles. The van der Waals surface area contributed by atoms with Crippen LogP contribution in [0, 0.1) is 13.8 Å². The van der Waals surface area contributed by atoms with Gasteiger partial charge in [0.25, 0.3) is 0 Å². The van der Waals surface area contributed by atoms with Gasteiger partial charge in [-0.25, -0.2) is 9.97 Å². The van der Waals surface area contributed by atoms with Crippen LogP contribution in [-0.4, -0.2) is 9.97 Å². The summed E-state index contributed by atoms with van der Waals surface area (Å²) in [6.07, 6.45) is 1.72. The first-order valence-electron chi connectivity index (χ1n) is 2.76. The molecule has 0 fully saturated rings. The summed E-state index contributed by atoms with van der Waals surface area (Å²) in [6.45, 7) is 3.70. The molecule has 0 atom stereocenters. The Morgan fingerprint density at radius 2 is 2.22 bits per heavy atom. The number of hydrogen-bond acceptors (Lipinski definition) is 3. The maximum absolute atomic E-state index is 5.47. The van der Waals surface area contributed by atoms with Crippen molar-refractivity contribution < 1.29 is 1.43 Å². The van der Waals surface area contributed by atoms with E-state index < -0.39 is 0 Å². The lowest BCUT2D eigenvalue weighted by atomic mass is 10.3. The molecular formula is C6H11N3. The van der Waals surface area contributed by atoms with Crippen LogP contribution in [0.4, 0.5) is 5.82 Å². The van der Waals surface area contributed by atoms with Crippen LogP contribution in [0.1, 0.15) is 12.8 Å². The number of anilines is 1. The Kier molecular flexibility index (Phi) is 1.34. The summed E-state index contributed by atoms with van der Waals surface area (Å²) in [5.74, 6) is 1.29. The van der Waals surface area contributed by atoms with Gasteiger partial charge in [0.15, 0.2) is 0 Å². The van der Waals surface area contributed by atoms with E-state index in [9.17, 15) is 0 Å². The highest BCUT2D eigenvalue weighted by Crippen LogP contribution is 2.02. The standard InChI is InChI=1S/C6H9N3.H2/c1-4-3-8-5(2)9-6(4)7;/h3H,1-2H3,(H2,7,8,9);1H. The van der Waals surface area contributed by atoms with Gasteiger partial charge in [-0.1, -0.05) is 0 Å². The second-order valence-corrected chi connectivity index (χ2v) is 1.99. The largest absolute Gasteiger partial charge is 0.383 e. The maximum Gasteiger partial charge on any atom is 0.129 e. The summed E-state index contributed by atoms with van der Waals surface area (Å²) >= 11 is 0. The summed E-state index contributed by atoms with van der Waals surface area (Å²) in [7, 11) is 0. The molecule has 3 heteroatoms. The zero-order valence-electron chi connectivity index (χ0n) is 5.55. The van der Waals surface area contributed by atoms with Gasteiger partial charge in [-0.3, -0.25) is 0 Å². The molecule has 1 aromatic heterocycles. The summed E-state index contributed by atoms with van der Waals surface area (Å²) < 4.78 is 0. The molecule has 0 aliphatic rings. The van der Waals surface area contributed by atoms with Gasteiger partial charge in [-0.05, 0) is 13.8 Å². The molecule has 0 saturated heterocycles. The molecule has 0 aliphatic heterocycles. The molecule has 0 amide bonds. The lowest BCUT2D eigenvalue weighted by Crippen LogP contribution is -1.97. The quantitative estimate of drug-likeness (QED) is 0.561. The summed E-state index contributed by atoms with van der Waals surface area (Å²) in [5.41, 5.74) is 6.40. The molecule has 3 nitrogen and oxygen atoms in total. The molecule has 0 aromatic carbocycles. The van der Waals surface area contributed by atoms with Crippen LogP contribution in [0.25, 0.3) is 0 Å². The number of nitrogens with two attached hydrogens (primary N) is 1. The average Bonchev–Trinajstić information content (AvgIpc) is 1.80. The smallest absolute Gasteiger partial charge is 0.129 e. The van der Waals surface area contributed by atoms with Crippen LogP contribution in [-0.2, 0) is 0 Å². The first-order chi connectivity index (χ1) is 4.20. The Bertz CT molecular complexity index is 224. The molecular weight excluding hydrogens is 114 g/mol. The first-order valence-corrected chi connectivity index (χ1v) is 2.76. The zero-order chi connectivity index (χ0) is 6.85. The lowest BCUT2D eigenvalue weighted by molar-refractivity contribution is 1.04. The van der Waals surface area contributed by atoms with Gasteiger partial charge in [-0.15, -0.1) is 0 Å². The zero-order valence-corrected chi connectivity index (χ0v) is 5.55. The third-order valence-corrected chi connectivity index (χ3v) is 1.13. The van der Waals surface area contributed by atoms with Crippen molar-refractivity contribution in [1.82, 2.24) is 9.97 Å². The average molecular weight is 125 g/mol. The third-order valence-electron chi connectivity index (χ3n) is 1.13. The van der Waals surface area contributed by atoms with E-state index in [1.54, 1.807) is 6.20 Å². The number of nitrogen functional groups attached to an aromatic ring is 1. The van der Waals surface area contributed by atoms with E-state index in [2.05, 4.69) is 9.97 Å². The van der Waals surface area contributed by atoms with Crippen molar-refractivity contribution in [3.63, 3.8) is 0 Å². The van der Waals surface area contributed by atoms with Gasteiger partial charge in [0.1, 0.15) is 11.6 Å². The van der Waals surface area contributed by atoms with Gasteiger partial charge in [-0.2, -0.15) is 0 Å². The minimum absolute atomic E-state index is 0. The molecule has 0 unspecified atom stereocenters. The van der Waals surface area contributed by atoms with Gasteiger partial charge in [0, 0.05) is 13.2 Å². The number of aromatic nitrogens is 2. The maximum atomic E-state index is 5.47. The van der Waals surface area contributed by atoms with Gasteiger partial charge < -0.3 is 5.73 Å². The summed E-state index contributed by atoms with van der Waals surface area (Å²) in [4.78, 5) is 7.89. The van der Waals surface area contributed by atoms with E-state index in [1.807, 2.05) is 13.8 Å². The Morgan fingerprint density at radius 3 is 2.67 bits per heavy atom. The molecule has 50 valence electrons. The molecule has 1 aromatic rings. The predicted octanol–water partition coefficient (Wildman–Crippen LogP) is 0.922. The SMILES string of the molecule is Cc1ncc(C)c(N)n1.[HH]. The van der Waals surface area contributed by atoms with E-state index in [-0.39, 0.29) is 1.43 Å². The van der Waals surface area contributed by atoms with Gasteiger partial charge in [0.05, 0.1) is 0 Å². The summed E-state index contributed by atoms with van der Waals surface area (Å²) in [6, 6.07) is 0. The normalized spacial score (nSPS) is 9.56. The topological polar surface area (TPSA) is 51.8 Å². The summed E-state index contributed by atoms with van der Waals surface area (Å²) in [5, 5.41) is 0. The Hall–Kier alpha value is -1.12. The van der Waals surface area contributed by atoms with Crippen LogP contribution in [0.3, 0.4) is 0 Å². The van der Waals surface area contributed by atoms with Crippen molar-refractivity contribution in [3.05, 3.63) is 17.6 Å². The van der Waals surface area contributed by atoms with E-state index >= 15 is 0 Å². The number of aryl methyl sites for hydroxylation is 2. The van der Waals surface area contributed by atoms with Crippen LogP contribution < -0.4 is 5.73 Å². The molecule has 0 aliphatic carbocycles. The van der Waals surface area contributed by atoms with E-state index in [0.29, 0.717) is 5.82 Å². The molecule has 2 N–H and O–H groups in total. The van der Waals surface area contributed by atoms with Crippen LogP contribution in [0.2, 0.25) is 0 Å². The fourth-order valence-corrected chi connectivity index (χ4v) is 0.548. The van der Waals surface area contributed by atoms with Crippen molar-refractivity contribution in [2.75, 3.05) is 5.73 Å². The Balaban J connectivity index is 0.000000810. The molecule has 0 saturated carbocycles. The molecule has 9 heavy (non-hydrogen) atoms. The number of rotatable bonds is 0. The molecule has 0 bridgehead atoms. The first kappa shape index (κ1) is 6.01. The Labute approximate surface area is 55.4 Å². The van der Waals surface area contributed by atoms with Crippen molar-refractivity contribution in [2.45, 2.75) is 13.8 Å². The Morgan fingerprint density at radius 1 is 1.56 bits per heavy atom. The number of hydrogen-bond donors (Lipinski definition) is 1.